The van der Waals surface area contributed by atoms with Gasteiger partial charge in [0.2, 0.25) is 5.95 Å². The predicted octanol–water partition coefficient (Wildman–Crippen LogP) is 5.01. The van der Waals surface area contributed by atoms with E-state index in [9.17, 15) is 9.18 Å². The summed E-state index contributed by atoms with van der Waals surface area (Å²) in [4.78, 5) is 20.8. The number of para-hydroxylation sites is 2. The van der Waals surface area contributed by atoms with Crippen LogP contribution in [0.3, 0.4) is 0 Å². The zero-order valence-electron chi connectivity index (χ0n) is 22.7. The van der Waals surface area contributed by atoms with Gasteiger partial charge in [-0.05, 0) is 79.7 Å². The summed E-state index contributed by atoms with van der Waals surface area (Å²) in [6, 6.07) is 23.4. The number of carboxylic acid groups (broad SMARTS) is 1. The first-order valence-corrected chi connectivity index (χ1v) is 13.5. The summed E-state index contributed by atoms with van der Waals surface area (Å²) >= 11 is 0. The van der Waals surface area contributed by atoms with Crippen molar-refractivity contribution in [1.29, 1.82) is 0 Å². The van der Waals surface area contributed by atoms with Gasteiger partial charge in [-0.3, -0.25) is 4.79 Å². The van der Waals surface area contributed by atoms with E-state index in [-0.39, 0.29) is 41.8 Å². The molecule has 1 N–H and O–H groups in total. The topological polar surface area (TPSA) is 61.6 Å². The SMILES string of the molecule is O=C(O)CCc1ccc(CCN2CCCN(c3nc4ccccc4n3Cc3ccc(F)cc3)CCC2)cc1.[Na]. The molecule has 1 radical (unpaired) electrons. The summed E-state index contributed by atoms with van der Waals surface area (Å²) in [7, 11) is 0. The van der Waals surface area contributed by atoms with Gasteiger partial charge in [-0.1, -0.05) is 48.5 Å². The van der Waals surface area contributed by atoms with E-state index in [1.165, 1.54) is 17.7 Å². The van der Waals surface area contributed by atoms with Crippen molar-refractivity contribution in [3.63, 3.8) is 0 Å². The molecule has 2 heterocycles. The molecule has 199 valence electrons. The Morgan fingerprint density at radius 3 is 2.10 bits per heavy atom. The van der Waals surface area contributed by atoms with Crippen LogP contribution in [0.5, 0.6) is 0 Å². The van der Waals surface area contributed by atoms with Crippen LogP contribution in [0.15, 0.2) is 72.8 Å². The van der Waals surface area contributed by atoms with Crippen LogP contribution < -0.4 is 4.90 Å². The van der Waals surface area contributed by atoms with Crippen LogP contribution in [0.25, 0.3) is 11.0 Å². The Labute approximate surface area is 251 Å². The molecule has 0 aliphatic carbocycles. The van der Waals surface area contributed by atoms with Gasteiger partial charge in [0.1, 0.15) is 5.82 Å². The van der Waals surface area contributed by atoms with Crippen molar-refractivity contribution in [1.82, 2.24) is 14.5 Å². The molecule has 1 aromatic heterocycles. The zero-order chi connectivity index (χ0) is 26.3. The van der Waals surface area contributed by atoms with Gasteiger partial charge in [0.15, 0.2) is 0 Å². The van der Waals surface area contributed by atoms with Crippen molar-refractivity contribution in [3.05, 3.63) is 95.3 Å². The molecule has 0 saturated carbocycles. The van der Waals surface area contributed by atoms with E-state index in [0.717, 1.165) is 80.1 Å². The van der Waals surface area contributed by atoms with Crippen LogP contribution in [0, 0.1) is 5.82 Å². The Bertz CT molecular complexity index is 1350. The summed E-state index contributed by atoms with van der Waals surface area (Å²) in [5, 5.41) is 8.87. The molecule has 4 aromatic rings. The average Bonchev–Trinajstić information content (AvgIpc) is 3.27. The van der Waals surface area contributed by atoms with Crippen molar-refractivity contribution in [3.8, 4) is 0 Å². The summed E-state index contributed by atoms with van der Waals surface area (Å²) < 4.78 is 15.7. The number of halogens is 1. The van der Waals surface area contributed by atoms with Crippen molar-refractivity contribution < 1.29 is 14.3 Å². The van der Waals surface area contributed by atoms with E-state index in [2.05, 4.69) is 50.8 Å². The molecule has 3 aromatic carbocycles. The van der Waals surface area contributed by atoms with Gasteiger partial charge in [-0.25, -0.2) is 9.37 Å². The van der Waals surface area contributed by atoms with E-state index in [0.29, 0.717) is 13.0 Å². The monoisotopic (exact) mass is 537 g/mol. The largest absolute Gasteiger partial charge is 0.481 e. The Hall–Kier alpha value is -2.71. The number of carbonyl (C=O) groups is 1. The van der Waals surface area contributed by atoms with Gasteiger partial charge in [0, 0.05) is 55.6 Å². The van der Waals surface area contributed by atoms with Gasteiger partial charge in [-0.15, -0.1) is 0 Å². The smallest absolute Gasteiger partial charge is 0.303 e. The van der Waals surface area contributed by atoms with Gasteiger partial charge in [0.25, 0.3) is 0 Å². The molecule has 6 nitrogen and oxygen atoms in total. The Kier molecular flexibility index (Phi) is 10.6. The quantitative estimate of drug-likeness (QED) is 0.305. The molecular weight excluding hydrogens is 502 g/mol. The number of hydrogen-bond acceptors (Lipinski definition) is 4. The fraction of sp³-hybridized carbons (Fsp3) is 0.355. The minimum atomic E-state index is -0.755. The number of aromatic nitrogens is 2. The number of anilines is 1. The number of hydrogen-bond donors (Lipinski definition) is 1. The third kappa shape index (κ3) is 7.92. The van der Waals surface area contributed by atoms with Gasteiger partial charge in [-0.2, -0.15) is 0 Å². The molecule has 0 unspecified atom stereocenters. The number of rotatable bonds is 9. The maximum Gasteiger partial charge on any atom is 0.303 e. The first kappa shape index (κ1) is 29.3. The maximum atomic E-state index is 13.5. The third-order valence-electron chi connectivity index (χ3n) is 7.34. The fourth-order valence-corrected chi connectivity index (χ4v) is 5.26. The molecule has 1 aliphatic heterocycles. The first-order chi connectivity index (χ1) is 18.5. The van der Waals surface area contributed by atoms with E-state index in [1.807, 2.05) is 24.3 Å². The van der Waals surface area contributed by atoms with E-state index >= 15 is 0 Å². The summed E-state index contributed by atoms with van der Waals surface area (Å²) in [6.07, 6.45) is 3.88. The molecule has 5 rings (SSSR count). The van der Waals surface area contributed by atoms with Gasteiger partial charge < -0.3 is 19.5 Å². The minimum absolute atomic E-state index is 0. The number of carboxylic acids is 1. The summed E-state index contributed by atoms with van der Waals surface area (Å²) in [6.45, 7) is 5.67. The normalized spacial score (nSPS) is 14.5. The number of nitrogens with zero attached hydrogens (tertiary/aromatic N) is 4. The van der Waals surface area contributed by atoms with Crippen LogP contribution in [-0.4, -0.2) is 87.8 Å². The number of benzene rings is 3. The number of aliphatic carboxylic acids is 1. The van der Waals surface area contributed by atoms with Crippen LogP contribution in [-0.2, 0) is 24.2 Å². The van der Waals surface area contributed by atoms with Gasteiger partial charge in [0.05, 0.1) is 17.6 Å². The van der Waals surface area contributed by atoms with Crippen molar-refractivity contribution in [2.45, 2.75) is 38.6 Å². The summed E-state index contributed by atoms with van der Waals surface area (Å²) in [5.74, 6) is 0.0207. The van der Waals surface area contributed by atoms with Crippen LogP contribution >= 0.6 is 0 Å². The Balaban J connectivity index is 0.00000353. The van der Waals surface area contributed by atoms with Gasteiger partial charge >= 0.3 is 5.97 Å². The second-order valence-corrected chi connectivity index (χ2v) is 10.1. The van der Waals surface area contributed by atoms with Crippen LogP contribution in [0.2, 0.25) is 0 Å². The molecule has 0 amide bonds. The minimum Gasteiger partial charge on any atom is -0.481 e. The molecule has 0 bridgehead atoms. The van der Waals surface area contributed by atoms with E-state index in [4.69, 9.17) is 10.1 Å². The molecule has 1 fully saturated rings. The van der Waals surface area contributed by atoms with Crippen molar-refractivity contribution >= 4 is 52.5 Å². The van der Waals surface area contributed by atoms with Crippen molar-refractivity contribution in [2.24, 2.45) is 0 Å². The molecule has 39 heavy (non-hydrogen) atoms. The van der Waals surface area contributed by atoms with E-state index in [1.54, 1.807) is 0 Å². The van der Waals surface area contributed by atoms with Crippen LogP contribution in [0.1, 0.15) is 36.0 Å². The zero-order valence-corrected chi connectivity index (χ0v) is 24.7. The second-order valence-electron chi connectivity index (χ2n) is 10.1. The fourth-order valence-electron chi connectivity index (χ4n) is 5.26. The molecule has 0 atom stereocenters. The predicted molar refractivity (Wildman–Crippen MR) is 155 cm³/mol. The van der Waals surface area contributed by atoms with Crippen molar-refractivity contribution in [2.75, 3.05) is 37.6 Å². The number of aryl methyl sites for hydroxylation is 1. The standard InChI is InChI=1S/C31H35FN4O2.Na/c32-27-14-11-26(12-15-27)23-36-29-6-2-1-5-28(29)33-31(36)35-20-3-18-34(19-4-21-35)22-17-25-9-7-24(8-10-25)13-16-30(37)38;/h1-2,5-12,14-15H,3-4,13,16-23H2,(H,37,38);. The van der Waals surface area contributed by atoms with Crippen LogP contribution in [0.4, 0.5) is 10.3 Å². The molecule has 8 heteroatoms. The second kappa shape index (κ2) is 14.1. The molecular formula is C31H35FN4NaO2. The average molecular weight is 538 g/mol. The first-order valence-electron chi connectivity index (χ1n) is 13.5. The number of imidazole rings is 1. The Morgan fingerprint density at radius 2 is 1.44 bits per heavy atom. The molecule has 1 aliphatic rings. The Morgan fingerprint density at radius 1 is 0.821 bits per heavy atom. The molecule has 1 saturated heterocycles. The maximum absolute atomic E-state index is 13.5. The summed E-state index contributed by atoms with van der Waals surface area (Å²) in [5.41, 5.74) is 5.52. The third-order valence-corrected chi connectivity index (χ3v) is 7.34. The van der Waals surface area contributed by atoms with E-state index < -0.39 is 5.97 Å². The molecule has 0 spiro atoms. The number of fused-ring (bicyclic) bond motifs is 1.